The molecular weight excluding hydrogens is 396 g/mol. The number of carbonyl (C=O) groups is 1. The van der Waals surface area contributed by atoms with Crippen LogP contribution in [0.1, 0.15) is 29.9 Å². The van der Waals surface area contributed by atoms with Gasteiger partial charge in [-0.1, -0.05) is 0 Å². The number of alkyl halides is 3. The van der Waals surface area contributed by atoms with Crippen LogP contribution in [0.3, 0.4) is 0 Å². The number of hydrogen-bond acceptors (Lipinski definition) is 5. The van der Waals surface area contributed by atoms with Crippen LogP contribution in [0.15, 0.2) is 28.7 Å². The molecule has 158 valence electrons. The number of methoxy groups -OCH3 is 1. The second-order valence-corrected chi connectivity index (χ2v) is 6.51. The highest BCUT2D eigenvalue weighted by Gasteiger charge is 2.34. The van der Waals surface area contributed by atoms with Crippen molar-refractivity contribution in [2.24, 2.45) is 0 Å². The smallest absolute Gasteiger partial charge is 0.449 e. The van der Waals surface area contributed by atoms with E-state index in [1.165, 1.54) is 13.2 Å². The lowest BCUT2D eigenvalue weighted by molar-refractivity contribution is -0.153. The highest BCUT2D eigenvalue weighted by molar-refractivity contribution is 5.82. The van der Waals surface area contributed by atoms with E-state index in [1.54, 1.807) is 0 Å². The Hall–Kier alpha value is -2.75. The maximum absolute atomic E-state index is 14.4. The van der Waals surface area contributed by atoms with Crippen molar-refractivity contribution in [3.8, 4) is 11.5 Å². The molecule has 1 fully saturated rings. The van der Waals surface area contributed by atoms with E-state index in [0.717, 1.165) is 37.6 Å². The summed E-state index contributed by atoms with van der Waals surface area (Å²) in [5, 5.41) is 5.79. The Balaban J connectivity index is 1.64. The van der Waals surface area contributed by atoms with E-state index >= 15 is 0 Å². The summed E-state index contributed by atoms with van der Waals surface area (Å²) < 4.78 is 67.1. The summed E-state index contributed by atoms with van der Waals surface area (Å²) in [5.74, 6) is -2.11. The number of halogens is 4. The fourth-order valence-electron chi connectivity index (χ4n) is 2.99. The molecule has 1 amide bonds. The van der Waals surface area contributed by atoms with Gasteiger partial charge in [-0.3, -0.25) is 4.79 Å². The van der Waals surface area contributed by atoms with Crippen LogP contribution in [0.2, 0.25) is 0 Å². The lowest BCUT2D eigenvalue weighted by atomic mass is 10.1. The molecular formula is C19H20F4N2O4. The van der Waals surface area contributed by atoms with Crippen molar-refractivity contribution in [3.63, 3.8) is 0 Å². The van der Waals surface area contributed by atoms with Gasteiger partial charge in [0, 0.05) is 18.2 Å². The molecule has 1 atom stereocenters. The van der Waals surface area contributed by atoms with Gasteiger partial charge in [-0.2, -0.15) is 13.2 Å². The maximum Gasteiger partial charge on any atom is 0.449 e. The van der Waals surface area contributed by atoms with Crippen LogP contribution >= 0.6 is 0 Å². The van der Waals surface area contributed by atoms with E-state index < -0.39 is 17.8 Å². The van der Waals surface area contributed by atoms with Crippen molar-refractivity contribution in [1.29, 1.82) is 0 Å². The van der Waals surface area contributed by atoms with Gasteiger partial charge in [0.1, 0.15) is 18.1 Å². The van der Waals surface area contributed by atoms with E-state index in [-0.39, 0.29) is 42.4 Å². The molecule has 10 heteroatoms. The van der Waals surface area contributed by atoms with Crippen LogP contribution in [-0.2, 0) is 24.1 Å². The minimum Gasteiger partial charge on any atom is -0.496 e. The Bertz CT molecular complexity index is 860. The average molecular weight is 416 g/mol. The van der Waals surface area contributed by atoms with Gasteiger partial charge in [0.15, 0.2) is 11.6 Å². The number of furan rings is 1. The molecule has 0 radical (unpaired) electrons. The predicted molar refractivity (Wildman–Crippen MR) is 93.9 cm³/mol. The molecule has 0 aliphatic carbocycles. The van der Waals surface area contributed by atoms with E-state index in [9.17, 15) is 22.4 Å². The molecule has 3 rings (SSSR count). The summed E-state index contributed by atoms with van der Waals surface area (Å²) in [6, 6.07) is 4.06. The number of nitrogens with one attached hydrogen (secondary N) is 2. The second-order valence-electron chi connectivity index (χ2n) is 6.51. The first-order valence-electron chi connectivity index (χ1n) is 8.94. The molecule has 1 unspecified atom stereocenters. The minimum atomic E-state index is -4.60. The van der Waals surface area contributed by atoms with E-state index in [1.807, 2.05) is 0 Å². The first kappa shape index (κ1) is 21.0. The molecule has 0 spiro atoms. The lowest BCUT2D eigenvalue weighted by Gasteiger charge is -2.15. The molecule has 1 aliphatic rings. The SMILES string of the molecule is COc1cc(OCc2ccc(C(F)(F)F)o2)c(F)cc1CNC(=O)C1CCCN1. The molecule has 0 saturated carbocycles. The number of carbonyl (C=O) groups excluding carboxylic acids is 1. The summed E-state index contributed by atoms with van der Waals surface area (Å²) in [4.78, 5) is 12.1. The van der Waals surface area contributed by atoms with E-state index in [2.05, 4.69) is 15.1 Å². The van der Waals surface area contributed by atoms with Crippen LogP contribution in [0.4, 0.5) is 17.6 Å². The predicted octanol–water partition coefficient (Wildman–Crippen LogP) is 3.39. The average Bonchev–Trinajstić information content (AvgIpc) is 3.36. The Labute approximate surface area is 164 Å². The fraction of sp³-hybridized carbons (Fsp3) is 0.421. The third-order valence-electron chi connectivity index (χ3n) is 4.48. The highest BCUT2D eigenvalue weighted by atomic mass is 19.4. The molecule has 1 aromatic carbocycles. The zero-order valence-electron chi connectivity index (χ0n) is 15.6. The largest absolute Gasteiger partial charge is 0.496 e. The standard InChI is InChI=1S/C19H20F4N2O4/c1-27-15-8-16(28-10-12-4-5-17(29-12)19(21,22)23)13(20)7-11(15)9-25-18(26)14-3-2-6-24-14/h4-5,7-8,14,24H,2-3,6,9-10H2,1H3,(H,25,26). The molecule has 1 aromatic heterocycles. The molecule has 2 aromatic rings. The number of ether oxygens (including phenoxy) is 2. The summed E-state index contributed by atoms with van der Waals surface area (Å²) >= 11 is 0. The Morgan fingerprint density at radius 2 is 2.10 bits per heavy atom. The molecule has 2 heterocycles. The normalized spacial score (nSPS) is 16.7. The van der Waals surface area contributed by atoms with Crippen molar-refractivity contribution in [2.75, 3.05) is 13.7 Å². The van der Waals surface area contributed by atoms with Crippen LogP contribution in [-0.4, -0.2) is 25.6 Å². The molecule has 6 nitrogen and oxygen atoms in total. The van der Waals surface area contributed by atoms with Crippen molar-refractivity contribution in [2.45, 2.75) is 38.2 Å². The Kier molecular flexibility index (Phi) is 6.31. The van der Waals surface area contributed by atoms with E-state index in [0.29, 0.717) is 5.56 Å². The van der Waals surface area contributed by atoms with Crippen molar-refractivity contribution >= 4 is 5.91 Å². The van der Waals surface area contributed by atoms with Crippen molar-refractivity contribution in [3.05, 3.63) is 47.2 Å². The monoisotopic (exact) mass is 416 g/mol. The van der Waals surface area contributed by atoms with Gasteiger partial charge < -0.3 is 24.5 Å². The van der Waals surface area contributed by atoms with Crippen LogP contribution in [0.5, 0.6) is 11.5 Å². The van der Waals surface area contributed by atoms with Gasteiger partial charge in [0.2, 0.25) is 11.7 Å². The fourth-order valence-corrected chi connectivity index (χ4v) is 2.99. The third kappa shape index (κ3) is 5.20. The first-order valence-corrected chi connectivity index (χ1v) is 8.94. The van der Waals surface area contributed by atoms with Gasteiger partial charge in [0.05, 0.1) is 13.2 Å². The molecule has 2 N–H and O–H groups in total. The lowest BCUT2D eigenvalue weighted by Crippen LogP contribution is -2.40. The first-order chi connectivity index (χ1) is 13.8. The Morgan fingerprint density at radius 1 is 1.31 bits per heavy atom. The number of amides is 1. The second kappa shape index (κ2) is 8.73. The van der Waals surface area contributed by atoms with Gasteiger partial charge in [0.25, 0.3) is 0 Å². The van der Waals surface area contributed by atoms with Crippen LogP contribution in [0.25, 0.3) is 0 Å². The number of hydrogen-bond donors (Lipinski definition) is 2. The highest BCUT2D eigenvalue weighted by Crippen LogP contribution is 2.32. The quantitative estimate of drug-likeness (QED) is 0.677. The van der Waals surface area contributed by atoms with Gasteiger partial charge >= 0.3 is 6.18 Å². The summed E-state index contributed by atoms with van der Waals surface area (Å²) in [5.41, 5.74) is 0.404. The maximum atomic E-state index is 14.4. The summed E-state index contributed by atoms with van der Waals surface area (Å²) in [7, 11) is 1.38. The van der Waals surface area contributed by atoms with Gasteiger partial charge in [-0.05, 0) is 37.6 Å². The Morgan fingerprint density at radius 3 is 2.72 bits per heavy atom. The van der Waals surface area contributed by atoms with Crippen LogP contribution < -0.4 is 20.1 Å². The minimum absolute atomic E-state index is 0.0600. The summed E-state index contributed by atoms with van der Waals surface area (Å²) in [6.07, 6.45) is -2.94. The third-order valence-corrected chi connectivity index (χ3v) is 4.48. The molecule has 1 saturated heterocycles. The van der Waals surface area contributed by atoms with Crippen LogP contribution in [0, 0.1) is 5.82 Å². The molecule has 1 aliphatic heterocycles. The zero-order chi connectivity index (χ0) is 21.0. The van der Waals surface area contributed by atoms with Crippen molar-refractivity contribution in [1.82, 2.24) is 10.6 Å². The summed E-state index contributed by atoms with van der Waals surface area (Å²) in [6.45, 7) is 0.451. The zero-order valence-corrected chi connectivity index (χ0v) is 15.6. The number of rotatable bonds is 7. The van der Waals surface area contributed by atoms with Gasteiger partial charge in [-0.25, -0.2) is 4.39 Å². The topological polar surface area (TPSA) is 72.7 Å². The molecule has 29 heavy (non-hydrogen) atoms. The van der Waals surface area contributed by atoms with Crippen molar-refractivity contribution < 1.29 is 36.2 Å². The molecule has 0 bridgehead atoms. The van der Waals surface area contributed by atoms with E-state index in [4.69, 9.17) is 9.47 Å². The number of benzene rings is 1. The van der Waals surface area contributed by atoms with Gasteiger partial charge in [-0.15, -0.1) is 0 Å².